The van der Waals surface area contributed by atoms with Crippen LogP contribution >= 0.6 is 11.6 Å². The van der Waals surface area contributed by atoms with Gasteiger partial charge in [-0.2, -0.15) is 0 Å². The molecule has 8 heteroatoms. The molecule has 0 saturated heterocycles. The van der Waals surface area contributed by atoms with E-state index < -0.39 is 5.97 Å². The summed E-state index contributed by atoms with van der Waals surface area (Å²) in [6.07, 6.45) is 0. The van der Waals surface area contributed by atoms with Crippen LogP contribution in [0.5, 0.6) is 17.2 Å². The molecule has 0 fully saturated rings. The lowest BCUT2D eigenvalue weighted by molar-refractivity contribution is 0.0463. The van der Waals surface area contributed by atoms with Gasteiger partial charge in [-0.25, -0.2) is 4.79 Å². The van der Waals surface area contributed by atoms with Gasteiger partial charge in [0.2, 0.25) is 5.75 Å². The van der Waals surface area contributed by atoms with E-state index in [4.69, 9.17) is 35.1 Å². The third kappa shape index (κ3) is 5.70. The zero-order valence-corrected chi connectivity index (χ0v) is 18.4. The number of rotatable bonds is 10. The highest BCUT2D eigenvalue weighted by Crippen LogP contribution is 2.39. The van der Waals surface area contributed by atoms with Gasteiger partial charge in [0.05, 0.1) is 25.4 Å². The Balaban J connectivity index is 1.74. The highest BCUT2D eigenvalue weighted by Gasteiger charge is 2.19. The molecule has 0 bridgehead atoms. The minimum Gasteiger partial charge on any atom is -0.490 e. The molecule has 7 nitrogen and oxygen atoms in total. The molecule has 0 N–H and O–H groups in total. The van der Waals surface area contributed by atoms with Crippen molar-refractivity contribution < 1.29 is 28.3 Å². The Morgan fingerprint density at radius 3 is 2.13 bits per heavy atom. The Bertz CT molecular complexity index is 988. The lowest BCUT2D eigenvalue weighted by Gasteiger charge is -2.16. The number of halogens is 1. The fourth-order valence-corrected chi connectivity index (χ4v) is 2.99. The minimum absolute atomic E-state index is 0.0446. The highest BCUT2D eigenvalue weighted by molar-refractivity contribution is 6.30. The van der Waals surface area contributed by atoms with Crippen molar-refractivity contribution in [1.82, 2.24) is 5.16 Å². The second-order valence-corrected chi connectivity index (χ2v) is 6.80. The number of nitrogens with zero attached hydrogens (tertiary/aromatic N) is 1. The molecule has 0 aliphatic rings. The zero-order chi connectivity index (χ0) is 22.2. The SMILES string of the molecule is CCOc1cc(C(=O)OCc2cc(-c3ccc(Cl)cc3)on2)cc(OCC)c1OCC. The van der Waals surface area contributed by atoms with Gasteiger partial charge in [0.15, 0.2) is 17.3 Å². The molecule has 2 aromatic carbocycles. The fraction of sp³-hybridized carbons (Fsp3) is 0.304. The van der Waals surface area contributed by atoms with E-state index in [-0.39, 0.29) is 12.2 Å². The number of hydrogen-bond donors (Lipinski definition) is 0. The maximum atomic E-state index is 12.7. The van der Waals surface area contributed by atoms with Crippen LogP contribution in [0.3, 0.4) is 0 Å². The van der Waals surface area contributed by atoms with Crippen LogP contribution in [0.25, 0.3) is 11.3 Å². The molecule has 3 aromatic rings. The second kappa shape index (κ2) is 10.7. The van der Waals surface area contributed by atoms with Crippen LogP contribution in [0, 0.1) is 0 Å². The molecule has 0 spiro atoms. The van der Waals surface area contributed by atoms with E-state index in [1.54, 1.807) is 30.3 Å². The predicted octanol–water partition coefficient (Wildman–Crippen LogP) is 5.55. The van der Waals surface area contributed by atoms with E-state index >= 15 is 0 Å². The van der Waals surface area contributed by atoms with E-state index in [0.717, 1.165) is 5.56 Å². The summed E-state index contributed by atoms with van der Waals surface area (Å²) in [4.78, 5) is 12.7. The van der Waals surface area contributed by atoms with Crippen molar-refractivity contribution in [2.24, 2.45) is 0 Å². The van der Waals surface area contributed by atoms with Gasteiger partial charge in [0, 0.05) is 16.7 Å². The van der Waals surface area contributed by atoms with E-state index in [2.05, 4.69) is 5.16 Å². The summed E-state index contributed by atoms with van der Waals surface area (Å²) < 4.78 is 27.7. The van der Waals surface area contributed by atoms with Crippen LogP contribution < -0.4 is 14.2 Å². The van der Waals surface area contributed by atoms with Crippen molar-refractivity contribution in [2.75, 3.05) is 19.8 Å². The van der Waals surface area contributed by atoms with Crippen molar-refractivity contribution in [3.8, 4) is 28.6 Å². The van der Waals surface area contributed by atoms with Crippen LogP contribution in [0.4, 0.5) is 0 Å². The smallest absolute Gasteiger partial charge is 0.338 e. The van der Waals surface area contributed by atoms with Crippen molar-refractivity contribution in [1.29, 1.82) is 0 Å². The Hall–Kier alpha value is -3.19. The van der Waals surface area contributed by atoms with Crippen LogP contribution in [-0.2, 0) is 11.3 Å². The van der Waals surface area contributed by atoms with E-state index in [0.29, 0.717) is 53.5 Å². The van der Waals surface area contributed by atoms with Gasteiger partial charge in [-0.15, -0.1) is 0 Å². The normalized spacial score (nSPS) is 10.6. The summed E-state index contributed by atoms with van der Waals surface area (Å²) in [5, 5.41) is 4.59. The molecule has 0 unspecified atom stereocenters. The summed E-state index contributed by atoms with van der Waals surface area (Å²) in [6.45, 7) is 6.79. The van der Waals surface area contributed by atoms with E-state index in [9.17, 15) is 4.79 Å². The van der Waals surface area contributed by atoms with Gasteiger partial charge in [-0.1, -0.05) is 16.8 Å². The quantitative estimate of drug-likeness (QED) is 0.378. The largest absolute Gasteiger partial charge is 0.490 e. The Morgan fingerprint density at radius 1 is 0.935 bits per heavy atom. The molecule has 164 valence electrons. The molecule has 0 radical (unpaired) electrons. The summed E-state index contributed by atoms with van der Waals surface area (Å²) in [5.74, 6) is 1.33. The third-order valence-corrected chi connectivity index (χ3v) is 4.44. The maximum absolute atomic E-state index is 12.7. The average molecular weight is 446 g/mol. The first-order valence-corrected chi connectivity index (χ1v) is 10.4. The van der Waals surface area contributed by atoms with Crippen LogP contribution in [-0.4, -0.2) is 30.9 Å². The first-order valence-electron chi connectivity index (χ1n) is 10.0. The maximum Gasteiger partial charge on any atom is 0.338 e. The monoisotopic (exact) mass is 445 g/mol. The minimum atomic E-state index is -0.541. The molecule has 0 atom stereocenters. The first kappa shape index (κ1) is 22.5. The van der Waals surface area contributed by atoms with Crippen LogP contribution in [0.2, 0.25) is 5.02 Å². The number of carbonyl (C=O) groups excluding carboxylic acids is 1. The number of aromatic nitrogens is 1. The number of carbonyl (C=O) groups is 1. The Morgan fingerprint density at radius 2 is 1.55 bits per heavy atom. The molecule has 0 amide bonds. The second-order valence-electron chi connectivity index (χ2n) is 6.37. The van der Waals surface area contributed by atoms with E-state index in [1.807, 2.05) is 32.9 Å². The number of benzene rings is 2. The predicted molar refractivity (Wildman–Crippen MR) is 116 cm³/mol. The Labute approximate surface area is 185 Å². The molecule has 1 heterocycles. The van der Waals surface area contributed by atoms with Crippen molar-refractivity contribution >= 4 is 17.6 Å². The first-order chi connectivity index (χ1) is 15.0. The van der Waals surface area contributed by atoms with Gasteiger partial charge >= 0.3 is 5.97 Å². The van der Waals surface area contributed by atoms with Gasteiger partial charge in [-0.3, -0.25) is 0 Å². The average Bonchev–Trinajstić information content (AvgIpc) is 3.24. The van der Waals surface area contributed by atoms with Crippen molar-refractivity contribution in [2.45, 2.75) is 27.4 Å². The van der Waals surface area contributed by atoms with Gasteiger partial charge < -0.3 is 23.5 Å². The molecule has 0 aliphatic heterocycles. The molecule has 31 heavy (non-hydrogen) atoms. The van der Waals surface area contributed by atoms with Gasteiger partial charge in [0.1, 0.15) is 12.3 Å². The molecule has 0 saturated carbocycles. The van der Waals surface area contributed by atoms with Gasteiger partial charge in [0.25, 0.3) is 0 Å². The van der Waals surface area contributed by atoms with Crippen molar-refractivity contribution in [3.63, 3.8) is 0 Å². The van der Waals surface area contributed by atoms with Crippen LogP contribution in [0.1, 0.15) is 36.8 Å². The highest BCUT2D eigenvalue weighted by atomic mass is 35.5. The molecular formula is C23H24ClNO6. The van der Waals surface area contributed by atoms with Gasteiger partial charge in [-0.05, 0) is 57.2 Å². The van der Waals surface area contributed by atoms with E-state index in [1.165, 1.54) is 0 Å². The zero-order valence-electron chi connectivity index (χ0n) is 17.6. The Kier molecular flexibility index (Phi) is 7.78. The molecule has 1 aromatic heterocycles. The number of hydrogen-bond acceptors (Lipinski definition) is 7. The summed E-state index contributed by atoms with van der Waals surface area (Å²) >= 11 is 5.91. The fourth-order valence-electron chi connectivity index (χ4n) is 2.86. The molecule has 0 aliphatic carbocycles. The lowest BCUT2D eigenvalue weighted by Crippen LogP contribution is -2.09. The van der Waals surface area contributed by atoms with Crippen molar-refractivity contribution in [3.05, 3.63) is 58.7 Å². The third-order valence-electron chi connectivity index (χ3n) is 4.18. The number of esters is 1. The lowest BCUT2D eigenvalue weighted by atomic mass is 10.1. The topological polar surface area (TPSA) is 80.0 Å². The summed E-state index contributed by atoms with van der Waals surface area (Å²) in [5.41, 5.74) is 1.60. The number of ether oxygens (including phenoxy) is 4. The summed E-state index contributed by atoms with van der Waals surface area (Å²) in [7, 11) is 0. The molecular weight excluding hydrogens is 422 g/mol. The van der Waals surface area contributed by atoms with Crippen LogP contribution in [0.15, 0.2) is 47.0 Å². The standard InChI is InChI=1S/C23H24ClNO6/c1-4-27-20-11-16(12-21(28-5-2)22(20)29-6-3)23(26)30-14-18-13-19(31-25-18)15-7-9-17(24)10-8-15/h7-13H,4-6,14H2,1-3H3. The summed E-state index contributed by atoms with van der Waals surface area (Å²) in [6, 6.07) is 12.1. The molecule has 3 rings (SSSR count).